The van der Waals surface area contributed by atoms with Crippen molar-refractivity contribution in [1.82, 2.24) is 4.90 Å². The summed E-state index contributed by atoms with van der Waals surface area (Å²) in [6, 6.07) is 0. The Kier molecular flexibility index (Phi) is 6.46. The lowest BCUT2D eigenvalue weighted by Crippen LogP contribution is -3.15. The van der Waals surface area contributed by atoms with Crippen molar-refractivity contribution in [1.29, 1.82) is 0 Å². The van der Waals surface area contributed by atoms with Crippen LogP contribution >= 0.6 is 11.3 Å². The zero-order chi connectivity index (χ0) is 19.4. The Labute approximate surface area is 162 Å². The second-order valence-electron chi connectivity index (χ2n) is 6.88. The molecule has 1 aromatic rings. The molecule has 1 aromatic heterocycles. The van der Waals surface area contributed by atoms with E-state index in [2.05, 4.69) is 5.32 Å². The van der Waals surface area contributed by atoms with Crippen molar-refractivity contribution < 1.29 is 29.1 Å². The third-order valence-corrected chi connectivity index (χ3v) is 6.41. The van der Waals surface area contributed by atoms with E-state index in [1.54, 1.807) is 0 Å². The molecule has 1 aliphatic heterocycles. The minimum Gasteiger partial charge on any atom is -0.465 e. The Bertz CT molecular complexity index is 725. The predicted molar refractivity (Wildman–Crippen MR) is 100 cm³/mol. The average Bonchev–Trinajstić information content (AvgIpc) is 3.05. The first-order valence-corrected chi connectivity index (χ1v) is 10.1. The third kappa shape index (κ3) is 4.31. The first-order valence-electron chi connectivity index (χ1n) is 9.32. The number of fused-ring (bicyclic) bond motifs is 1. The SMILES string of the molecule is COC(=O)c1c(NC(=O)C(=O)N2CC[NH+](CCO)CC2)sc2c1CCCC2. The summed E-state index contributed by atoms with van der Waals surface area (Å²) in [5, 5.41) is 12.1. The van der Waals surface area contributed by atoms with Crippen LogP contribution in [0.2, 0.25) is 0 Å². The molecule has 8 nitrogen and oxygen atoms in total. The Morgan fingerprint density at radius 3 is 2.59 bits per heavy atom. The summed E-state index contributed by atoms with van der Waals surface area (Å²) >= 11 is 1.37. The molecule has 0 spiro atoms. The minimum atomic E-state index is -0.718. The van der Waals surface area contributed by atoms with Crippen LogP contribution in [0, 0.1) is 0 Å². The maximum Gasteiger partial charge on any atom is 0.341 e. The second-order valence-corrected chi connectivity index (χ2v) is 7.98. The number of methoxy groups -OCH3 is 1. The van der Waals surface area contributed by atoms with Gasteiger partial charge in [0.15, 0.2) is 0 Å². The number of nitrogens with zero attached hydrogens (tertiary/aromatic N) is 1. The van der Waals surface area contributed by atoms with E-state index >= 15 is 0 Å². The second kappa shape index (κ2) is 8.81. The molecule has 2 aliphatic rings. The molecule has 1 fully saturated rings. The number of amides is 2. The van der Waals surface area contributed by atoms with Gasteiger partial charge in [-0.25, -0.2) is 4.79 Å². The number of aryl methyl sites for hydroxylation is 1. The van der Waals surface area contributed by atoms with Gasteiger partial charge in [0.25, 0.3) is 0 Å². The molecular weight excluding hydrogens is 370 g/mol. The van der Waals surface area contributed by atoms with Crippen LogP contribution in [0.4, 0.5) is 5.00 Å². The average molecular weight is 396 g/mol. The van der Waals surface area contributed by atoms with Gasteiger partial charge in [0.2, 0.25) is 0 Å². The van der Waals surface area contributed by atoms with Gasteiger partial charge in [-0.05, 0) is 31.2 Å². The van der Waals surface area contributed by atoms with Crippen LogP contribution < -0.4 is 10.2 Å². The minimum absolute atomic E-state index is 0.114. The third-order valence-electron chi connectivity index (χ3n) is 5.21. The van der Waals surface area contributed by atoms with Crippen LogP contribution in [0.25, 0.3) is 0 Å². The topological polar surface area (TPSA) is 100 Å². The van der Waals surface area contributed by atoms with E-state index in [0.29, 0.717) is 43.3 Å². The van der Waals surface area contributed by atoms with Gasteiger partial charge < -0.3 is 25.0 Å². The summed E-state index contributed by atoms with van der Waals surface area (Å²) in [6.45, 7) is 3.14. The fraction of sp³-hybridized carbons (Fsp3) is 0.611. The highest BCUT2D eigenvalue weighted by Gasteiger charge is 2.31. The van der Waals surface area contributed by atoms with Crippen LogP contribution in [0.3, 0.4) is 0 Å². The molecule has 1 aliphatic carbocycles. The van der Waals surface area contributed by atoms with Crippen molar-refractivity contribution in [3.8, 4) is 0 Å². The van der Waals surface area contributed by atoms with E-state index < -0.39 is 17.8 Å². The number of hydrogen-bond donors (Lipinski definition) is 3. The van der Waals surface area contributed by atoms with E-state index in [0.717, 1.165) is 36.1 Å². The van der Waals surface area contributed by atoms with Gasteiger partial charge in [-0.2, -0.15) is 0 Å². The molecular formula is C18H26N3O5S+. The molecule has 0 bridgehead atoms. The van der Waals surface area contributed by atoms with Crippen LogP contribution in [0.5, 0.6) is 0 Å². The number of anilines is 1. The van der Waals surface area contributed by atoms with E-state index in [1.165, 1.54) is 28.2 Å². The van der Waals surface area contributed by atoms with Crippen LogP contribution in [0.15, 0.2) is 0 Å². The fourth-order valence-electron chi connectivity index (χ4n) is 3.71. The number of aliphatic hydroxyl groups excluding tert-OH is 1. The lowest BCUT2D eigenvalue weighted by Gasteiger charge is -2.31. The zero-order valence-corrected chi connectivity index (χ0v) is 16.3. The van der Waals surface area contributed by atoms with Gasteiger partial charge in [-0.15, -0.1) is 11.3 Å². The van der Waals surface area contributed by atoms with Gasteiger partial charge >= 0.3 is 17.8 Å². The molecule has 27 heavy (non-hydrogen) atoms. The monoisotopic (exact) mass is 396 g/mol. The lowest BCUT2D eigenvalue weighted by molar-refractivity contribution is -0.904. The van der Waals surface area contributed by atoms with E-state index in [-0.39, 0.29) is 6.61 Å². The van der Waals surface area contributed by atoms with Crippen molar-refractivity contribution in [2.75, 3.05) is 51.8 Å². The van der Waals surface area contributed by atoms with E-state index in [1.807, 2.05) is 0 Å². The number of carbonyl (C=O) groups is 3. The number of esters is 1. The molecule has 3 rings (SSSR count). The quantitative estimate of drug-likeness (QED) is 0.451. The Hall–Kier alpha value is -1.97. The molecule has 2 amide bonds. The summed E-state index contributed by atoms with van der Waals surface area (Å²) in [5.74, 6) is -1.78. The Morgan fingerprint density at radius 2 is 1.93 bits per heavy atom. The maximum absolute atomic E-state index is 12.5. The normalized spacial score (nSPS) is 17.3. The van der Waals surface area contributed by atoms with Gasteiger partial charge in [0.1, 0.15) is 11.5 Å². The van der Waals surface area contributed by atoms with Crippen molar-refractivity contribution in [2.45, 2.75) is 25.7 Å². The van der Waals surface area contributed by atoms with Crippen molar-refractivity contribution in [3.63, 3.8) is 0 Å². The number of quaternary nitrogens is 1. The highest BCUT2D eigenvalue weighted by Crippen LogP contribution is 2.38. The number of nitrogens with one attached hydrogen (secondary N) is 2. The van der Waals surface area contributed by atoms with Crippen LogP contribution in [0.1, 0.15) is 33.6 Å². The molecule has 1 saturated heterocycles. The Balaban J connectivity index is 1.70. The maximum atomic E-state index is 12.5. The van der Waals surface area contributed by atoms with Crippen molar-refractivity contribution >= 4 is 34.1 Å². The number of aliphatic hydroxyl groups is 1. The van der Waals surface area contributed by atoms with Crippen LogP contribution in [-0.2, 0) is 27.2 Å². The largest absolute Gasteiger partial charge is 0.465 e. The molecule has 9 heteroatoms. The highest BCUT2D eigenvalue weighted by atomic mass is 32.1. The van der Waals surface area contributed by atoms with Gasteiger partial charge in [-0.1, -0.05) is 0 Å². The molecule has 3 N–H and O–H groups in total. The lowest BCUT2D eigenvalue weighted by atomic mass is 9.95. The zero-order valence-electron chi connectivity index (χ0n) is 15.5. The molecule has 0 atom stereocenters. The summed E-state index contributed by atoms with van der Waals surface area (Å²) in [6.07, 6.45) is 3.72. The highest BCUT2D eigenvalue weighted by molar-refractivity contribution is 7.17. The Morgan fingerprint density at radius 1 is 1.22 bits per heavy atom. The fourth-order valence-corrected chi connectivity index (χ4v) is 4.98. The van der Waals surface area contributed by atoms with E-state index in [4.69, 9.17) is 9.84 Å². The molecule has 2 heterocycles. The summed E-state index contributed by atoms with van der Waals surface area (Å²) in [5.41, 5.74) is 1.35. The number of thiophene rings is 1. The summed E-state index contributed by atoms with van der Waals surface area (Å²) in [7, 11) is 1.32. The molecule has 0 saturated carbocycles. The molecule has 0 unspecified atom stereocenters. The van der Waals surface area contributed by atoms with Gasteiger partial charge in [-0.3, -0.25) is 9.59 Å². The first-order chi connectivity index (χ1) is 13.0. The number of hydrogen-bond acceptors (Lipinski definition) is 6. The number of carbonyl (C=O) groups excluding carboxylic acids is 3. The molecule has 148 valence electrons. The number of rotatable bonds is 4. The van der Waals surface area contributed by atoms with Crippen molar-refractivity contribution in [3.05, 3.63) is 16.0 Å². The summed E-state index contributed by atoms with van der Waals surface area (Å²) in [4.78, 5) is 41.1. The van der Waals surface area contributed by atoms with Gasteiger partial charge in [0.05, 0.1) is 45.5 Å². The summed E-state index contributed by atoms with van der Waals surface area (Å²) < 4.78 is 4.89. The first kappa shape index (κ1) is 19.8. The molecule has 0 aromatic carbocycles. The van der Waals surface area contributed by atoms with E-state index in [9.17, 15) is 14.4 Å². The molecule has 0 radical (unpaired) electrons. The number of piperazine rings is 1. The smallest absolute Gasteiger partial charge is 0.341 e. The number of ether oxygens (including phenoxy) is 1. The van der Waals surface area contributed by atoms with Crippen molar-refractivity contribution in [2.24, 2.45) is 0 Å². The predicted octanol–water partition coefficient (Wildman–Crippen LogP) is -0.929. The van der Waals surface area contributed by atoms with Crippen LogP contribution in [-0.4, -0.2) is 74.2 Å². The standard InChI is InChI=1S/C18H25N3O5S/c1-26-18(25)14-12-4-2-3-5-13(12)27-16(14)19-15(23)17(24)21-8-6-20(7-9-21)10-11-22/h22H,2-11H2,1H3,(H,19,23)/p+1. The van der Waals surface area contributed by atoms with Gasteiger partial charge in [0, 0.05) is 4.88 Å².